The van der Waals surface area contributed by atoms with E-state index in [0.29, 0.717) is 52.9 Å². The highest BCUT2D eigenvalue weighted by Crippen LogP contribution is 2.69. The second-order valence-corrected chi connectivity index (χ2v) is 13.5. The maximum absolute atomic E-state index is 12.7. The molecule has 0 bridgehead atoms. The first kappa shape index (κ1) is 24.4. The minimum Gasteiger partial charge on any atom is -0.378 e. The van der Waals surface area contributed by atoms with Crippen LogP contribution in [0, 0.1) is 0 Å². The molecule has 0 aromatic heterocycles. The zero-order valence-corrected chi connectivity index (χ0v) is 19.7. The number of rotatable bonds is 3. The van der Waals surface area contributed by atoms with Crippen molar-refractivity contribution in [1.29, 1.82) is 0 Å². The molecule has 0 aromatic carbocycles. The summed E-state index contributed by atoms with van der Waals surface area (Å²) in [5.41, 5.74) is 0. The van der Waals surface area contributed by atoms with Crippen molar-refractivity contribution in [3.8, 4) is 0 Å². The predicted molar refractivity (Wildman–Crippen MR) is 116 cm³/mol. The van der Waals surface area contributed by atoms with Crippen molar-refractivity contribution in [2.75, 3.05) is 78.6 Å². The monoisotopic (exact) mass is 478 g/mol. The first-order chi connectivity index (χ1) is 13.2. The Morgan fingerprint density at radius 3 is 1.48 bits per heavy atom. The Bertz CT molecular complexity index is 471. The third-order valence-electron chi connectivity index (χ3n) is 3.39. The van der Waals surface area contributed by atoms with E-state index in [1.165, 1.54) is 14.2 Å². The Balaban J connectivity index is 1.90. The maximum atomic E-state index is 12.7. The molecule has 0 spiro atoms. The highest BCUT2D eigenvalue weighted by molar-refractivity contribution is 8.40. The van der Waals surface area contributed by atoms with E-state index in [4.69, 9.17) is 28.0 Å². The molecular weight excluding hydrogens is 451 g/mol. The van der Waals surface area contributed by atoms with Gasteiger partial charge in [0, 0.05) is 25.7 Å². The summed E-state index contributed by atoms with van der Waals surface area (Å²) in [5.74, 6) is 1.65. The van der Waals surface area contributed by atoms with Crippen LogP contribution in [0.2, 0.25) is 0 Å². The molecule has 0 aliphatic carbocycles. The normalized spacial score (nSPS) is 23.6. The van der Waals surface area contributed by atoms with Crippen molar-refractivity contribution in [1.82, 2.24) is 0 Å². The zero-order chi connectivity index (χ0) is 19.4. The van der Waals surface area contributed by atoms with Crippen LogP contribution in [0.1, 0.15) is 0 Å². The fourth-order valence-electron chi connectivity index (χ4n) is 2.01. The Morgan fingerprint density at radius 2 is 1.11 bits per heavy atom. The smallest absolute Gasteiger partial charge is 0.353 e. The van der Waals surface area contributed by atoms with Gasteiger partial charge < -0.3 is 28.0 Å². The van der Waals surface area contributed by atoms with Gasteiger partial charge in [0.2, 0.25) is 0 Å². The van der Waals surface area contributed by atoms with Crippen molar-refractivity contribution in [3.05, 3.63) is 8.47 Å². The fraction of sp³-hybridized carbons (Fsp3) is 0.867. The van der Waals surface area contributed by atoms with Gasteiger partial charge in [-0.15, -0.1) is 23.5 Å². The molecule has 2 aliphatic heterocycles. The van der Waals surface area contributed by atoms with Gasteiger partial charge in [0.05, 0.1) is 61.3 Å². The average molecular weight is 479 g/mol. The predicted octanol–water partition coefficient (Wildman–Crippen LogP) is 3.91. The first-order valence-electron chi connectivity index (χ1n) is 8.55. The molecule has 0 aromatic rings. The molecule has 2 aliphatic rings. The van der Waals surface area contributed by atoms with Crippen LogP contribution in [0.5, 0.6) is 0 Å². The van der Waals surface area contributed by atoms with E-state index in [2.05, 4.69) is 0 Å². The first-order valence-corrected chi connectivity index (χ1v) is 13.9. The summed E-state index contributed by atoms with van der Waals surface area (Å²) >= 11 is 6.55. The quantitative estimate of drug-likeness (QED) is 0.554. The van der Waals surface area contributed by atoms with E-state index in [9.17, 15) is 4.57 Å². The number of ether oxygens (including phenoxy) is 4. The van der Waals surface area contributed by atoms with Crippen LogP contribution < -0.4 is 0 Å². The van der Waals surface area contributed by atoms with E-state index in [-0.39, 0.29) is 4.32 Å². The summed E-state index contributed by atoms with van der Waals surface area (Å²) in [6.07, 6.45) is 0. The Hall–Kier alpha value is 1.13. The summed E-state index contributed by atoms with van der Waals surface area (Å²) in [6, 6.07) is 0. The number of hydrogen-bond acceptors (Lipinski definition) is 11. The van der Waals surface area contributed by atoms with Gasteiger partial charge in [-0.1, -0.05) is 23.5 Å². The van der Waals surface area contributed by atoms with Gasteiger partial charge in [-0.05, 0) is 0 Å². The van der Waals surface area contributed by atoms with Gasteiger partial charge in [0.1, 0.15) is 0 Å². The third kappa shape index (κ3) is 8.80. The molecule has 158 valence electrons. The van der Waals surface area contributed by atoms with Crippen LogP contribution in [0.3, 0.4) is 0 Å². The van der Waals surface area contributed by atoms with Crippen LogP contribution >= 0.6 is 54.6 Å². The average Bonchev–Trinajstić information content (AvgIpc) is 3.10. The Kier molecular flexibility index (Phi) is 12.8. The lowest BCUT2D eigenvalue weighted by molar-refractivity contribution is 0.00147. The topological polar surface area (TPSA) is 72.5 Å². The van der Waals surface area contributed by atoms with Crippen LogP contribution in [-0.4, -0.2) is 82.9 Å². The fourth-order valence-corrected chi connectivity index (χ4v) is 11.2. The Labute approximate surface area is 178 Å². The van der Waals surface area contributed by atoms with E-state index < -0.39 is 7.60 Å². The second-order valence-electron chi connectivity index (χ2n) is 5.17. The van der Waals surface area contributed by atoms with Gasteiger partial charge in [0.25, 0.3) is 0 Å². The molecule has 0 radical (unpaired) electrons. The largest absolute Gasteiger partial charge is 0.378 e. The molecule has 0 fully saturated rings. The third-order valence-corrected chi connectivity index (χ3v) is 12.4. The molecule has 0 unspecified atom stereocenters. The molecule has 2 heterocycles. The minimum atomic E-state index is -3.14. The molecular formula is C15H27O7PS4. The molecule has 0 atom stereocenters. The zero-order valence-electron chi connectivity index (χ0n) is 15.6. The Morgan fingerprint density at radius 1 is 0.741 bits per heavy atom. The van der Waals surface area contributed by atoms with E-state index >= 15 is 0 Å². The summed E-state index contributed by atoms with van der Waals surface area (Å²) in [6.45, 7) is 4.66. The lowest BCUT2D eigenvalue weighted by Crippen LogP contribution is -2.13. The molecule has 27 heavy (non-hydrogen) atoms. The summed E-state index contributed by atoms with van der Waals surface area (Å²) < 4.78 is 47.2. The molecule has 0 N–H and O–H groups in total. The second kappa shape index (κ2) is 14.2. The van der Waals surface area contributed by atoms with Crippen molar-refractivity contribution in [3.63, 3.8) is 0 Å². The van der Waals surface area contributed by atoms with Crippen LogP contribution in [0.4, 0.5) is 0 Å². The summed E-state index contributed by atoms with van der Waals surface area (Å²) in [5, 5.41) is 0. The van der Waals surface area contributed by atoms with Gasteiger partial charge in [-0.3, -0.25) is 4.57 Å². The van der Waals surface area contributed by atoms with Gasteiger partial charge in [-0.2, -0.15) is 0 Å². The standard InChI is InChI=1S/C15H27O7PS4/c1-17-23(16,18-2)15-26-13-14(27-15)25-12-10-22-8-6-20-4-3-19-5-7-21-9-11-24-13/h15H,3-12H2,1-2H3. The minimum absolute atomic E-state index is 0.282. The summed E-state index contributed by atoms with van der Waals surface area (Å²) in [7, 11) is -0.278. The molecule has 12 heteroatoms. The highest BCUT2D eigenvalue weighted by atomic mass is 32.3. The molecule has 7 nitrogen and oxygen atoms in total. The van der Waals surface area contributed by atoms with E-state index in [1.54, 1.807) is 47.0 Å². The maximum Gasteiger partial charge on any atom is 0.353 e. The molecule has 0 saturated carbocycles. The van der Waals surface area contributed by atoms with Crippen molar-refractivity contribution < 1.29 is 32.6 Å². The lowest BCUT2D eigenvalue weighted by atomic mass is 10.7. The number of hydrogen-bond donors (Lipinski definition) is 0. The summed E-state index contributed by atoms with van der Waals surface area (Å²) in [4.78, 5) is 0. The van der Waals surface area contributed by atoms with E-state index in [1.807, 2.05) is 0 Å². The molecule has 2 rings (SSSR count). The van der Waals surface area contributed by atoms with Crippen molar-refractivity contribution in [2.45, 2.75) is 4.32 Å². The van der Waals surface area contributed by atoms with Crippen molar-refractivity contribution >= 4 is 54.6 Å². The van der Waals surface area contributed by atoms with Crippen LogP contribution in [0.15, 0.2) is 8.47 Å². The van der Waals surface area contributed by atoms with Crippen molar-refractivity contribution in [2.24, 2.45) is 0 Å². The molecule has 0 amide bonds. The molecule has 0 saturated heterocycles. The van der Waals surface area contributed by atoms with Gasteiger partial charge >= 0.3 is 7.60 Å². The lowest BCUT2D eigenvalue weighted by Gasteiger charge is -2.19. The highest BCUT2D eigenvalue weighted by Gasteiger charge is 2.42. The van der Waals surface area contributed by atoms with Gasteiger partial charge in [0.15, 0.2) is 4.32 Å². The SMILES string of the molecule is COP(=O)(OC)C1SC2=C(SCCOCCOCCOCCOCCS2)S1. The van der Waals surface area contributed by atoms with Crippen LogP contribution in [-0.2, 0) is 32.6 Å². The van der Waals surface area contributed by atoms with Crippen LogP contribution in [0.25, 0.3) is 0 Å². The number of thioether (sulfide) groups is 4. The van der Waals surface area contributed by atoms with Gasteiger partial charge in [-0.25, -0.2) is 0 Å². The van der Waals surface area contributed by atoms with E-state index in [0.717, 1.165) is 20.0 Å².